The summed E-state index contributed by atoms with van der Waals surface area (Å²) in [6.45, 7) is 1.85. The Kier molecular flexibility index (Phi) is 3.23. The number of nitrogens with one attached hydrogen (secondary N) is 2. The number of carbonyl (C=O) groups excluding carboxylic acids is 2. The largest absolute Gasteiger partial charge is 0.350 e. The van der Waals surface area contributed by atoms with Gasteiger partial charge < -0.3 is 15.2 Å². The van der Waals surface area contributed by atoms with Gasteiger partial charge in [-0.2, -0.15) is 0 Å². The molecule has 2 N–H and O–H groups in total. The lowest BCUT2D eigenvalue weighted by Gasteiger charge is -2.15. The van der Waals surface area contributed by atoms with Crippen molar-refractivity contribution in [1.29, 1.82) is 0 Å². The van der Waals surface area contributed by atoms with Crippen LogP contribution in [0.4, 0.5) is 0 Å². The van der Waals surface area contributed by atoms with E-state index in [1.165, 1.54) is 12.8 Å². The number of aromatic nitrogens is 2. The number of nitrogens with zero attached hydrogens (tertiary/aromatic N) is 2. The van der Waals surface area contributed by atoms with Crippen molar-refractivity contribution in [2.24, 2.45) is 11.8 Å². The van der Waals surface area contributed by atoms with Gasteiger partial charge in [0, 0.05) is 25.7 Å². The summed E-state index contributed by atoms with van der Waals surface area (Å²) in [6.07, 6.45) is 6.06. The van der Waals surface area contributed by atoms with Crippen LogP contribution in [0.2, 0.25) is 0 Å². The number of rotatable bonds is 5. The molecule has 1 atom stereocenters. The number of H-pyrrole nitrogens is 1. The molecule has 1 aromatic rings. The van der Waals surface area contributed by atoms with E-state index in [1.807, 2.05) is 4.90 Å². The minimum Gasteiger partial charge on any atom is -0.350 e. The maximum absolute atomic E-state index is 12.0. The molecule has 1 saturated carbocycles. The summed E-state index contributed by atoms with van der Waals surface area (Å²) in [4.78, 5) is 32.5. The van der Waals surface area contributed by atoms with Crippen molar-refractivity contribution in [3.63, 3.8) is 0 Å². The lowest BCUT2D eigenvalue weighted by atomic mass is 10.1. The average Bonchev–Trinajstić information content (AvgIpc) is 2.91. The first-order valence-electron chi connectivity index (χ1n) is 6.75. The monoisotopic (exact) mass is 262 g/mol. The summed E-state index contributed by atoms with van der Waals surface area (Å²) in [5, 5.41) is 2.85. The van der Waals surface area contributed by atoms with Gasteiger partial charge in [0.2, 0.25) is 11.8 Å². The van der Waals surface area contributed by atoms with E-state index in [-0.39, 0.29) is 17.7 Å². The van der Waals surface area contributed by atoms with Crippen LogP contribution in [-0.2, 0) is 16.1 Å². The van der Waals surface area contributed by atoms with Crippen LogP contribution in [0.1, 0.15) is 25.0 Å². The van der Waals surface area contributed by atoms with E-state index in [4.69, 9.17) is 0 Å². The number of hydrogen-bond donors (Lipinski definition) is 2. The number of amides is 2. The topological polar surface area (TPSA) is 78.1 Å². The fraction of sp³-hybridized carbons (Fsp3) is 0.615. The highest BCUT2D eigenvalue weighted by molar-refractivity contribution is 5.89. The molecule has 0 radical (unpaired) electrons. The third kappa shape index (κ3) is 2.94. The molecule has 2 fully saturated rings. The quantitative estimate of drug-likeness (QED) is 0.800. The maximum Gasteiger partial charge on any atom is 0.225 e. The Morgan fingerprint density at radius 1 is 1.53 bits per heavy atom. The SMILES string of the molecule is O=C(NCc1cnc[nH]1)C1CC(=O)N(CC2CC2)C1. The van der Waals surface area contributed by atoms with Crippen LogP contribution in [0.3, 0.4) is 0 Å². The molecule has 0 bridgehead atoms. The minimum absolute atomic E-state index is 0.0405. The highest BCUT2D eigenvalue weighted by Crippen LogP contribution is 2.31. The second-order valence-corrected chi connectivity index (χ2v) is 5.44. The van der Waals surface area contributed by atoms with Gasteiger partial charge in [0.1, 0.15) is 0 Å². The van der Waals surface area contributed by atoms with Crippen molar-refractivity contribution in [2.75, 3.05) is 13.1 Å². The summed E-state index contributed by atoms with van der Waals surface area (Å²) in [5.41, 5.74) is 0.868. The summed E-state index contributed by atoms with van der Waals surface area (Å²) in [7, 11) is 0. The van der Waals surface area contributed by atoms with Gasteiger partial charge in [-0.3, -0.25) is 9.59 Å². The Balaban J connectivity index is 1.48. The van der Waals surface area contributed by atoms with E-state index in [0.717, 1.165) is 12.2 Å². The molecule has 6 nitrogen and oxygen atoms in total. The van der Waals surface area contributed by atoms with Gasteiger partial charge in [0.05, 0.1) is 24.5 Å². The average molecular weight is 262 g/mol. The fourth-order valence-electron chi connectivity index (χ4n) is 2.44. The van der Waals surface area contributed by atoms with Gasteiger partial charge in [-0.05, 0) is 18.8 Å². The van der Waals surface area contributed by atoms with E-state index >= 15 is 0 Å². The van der Waals surface area contributed by atoms with Crippen molar-refractivity contribution in [1.82, 2.24) is 20.2 Å². The van der Waals surface area contributed by atoms with Crippen LogP contribution in [0.5, 0.6) is 0 Å². The normalized spacial score (nSPS) is 22.8. The lowest BCUT2D eigenvalue weighted by molar-refractivity contribution is -0.129. The predicted octanol–water partition coefficient (Wildman–Crippen LogP) is 0.284. The molecule has 19 heavy (non-hydrogen) atoms. The molecule has 2 heterocycles. The molecule has 0 aromatic carbocycles. The first kappa shape index (κ1) is 12.2. The standard InChI is InChI=1S/C13H18N4O2/c18-12-3-10(7-17(12)6-9-1-2-9)13(19)15-5-11-4-14-8-16-11/h4,8-10H,1-3,5-7H2,(H,14,16)(H,15,19). The Bertz CT molecular complexity index is 467. The Hall–Kier alpha value is -1.85. The van der Waals surface area contributed by atoms with E-state index < -0.39 is 0 Å². The highest BCUT2D eigenvalue weighted by Gasteiger charge is 2.36. The van der Waals surface area contributed by atoms with Crippen molar-refractivity contribution in [3.05, 3.63) is 18.2 Å². The van der Waals surface area contributed by atoms with Crippen LogP contribution < -0.4 is 5.32 Å². The molecule has 1 aromatic heterocycles. The van der Waals surface area contributed by atoms with Crippen molar-refractivity contribution < 1.29 is 9.59 Å². The van der Waals surface area contributed by atoms with Gasteiger partial charge in [-0.25, -0.2) is 4.98 Å². The van der Waals surface area contributed by atoms with Crippen LogP contribution in [-0.4, -0.2) is 39.8 Å². The third-order valence-electron chi connectivity index (χ3n) is 3.77. The van der Waals surface area contributed by atoms with Gasteiger partial charge in [0.15, 0.2) is 0 Å². The first-order chi connectivity index (χ1) is 9.22. The van der Waals surface area contributed by atoms with Gasteiger partial charge in [-0.1, -0.05) is 0 Å². The Labute approximate surface area is 111 Å². The third-order valence-corrected chi connectivity index (χ3v) is 3.77. The maximum atomic E-state index is 12.0. The first-order valence-corrected chi connectivity index (χ1v) is 6.75. The molecule has 2 aliphatic rings. The van der Waals surface area contributed by atoms with Crippen LogP contribution in [0, 0.1) is 11.8 Å². The van der Waals surface area contributed by atoms with Gasteiger partial charge >= 0.3 is 0 Å². The molecule has 1 saturated heterocycles. The molecular formula is C13H18N4O2. The number of imidazole rings is 1. The fourth-order valence-corrected chi connectivity index (χ4v) is 2.44. The zero-order chi connectivity index (χ0) is 13.2. The molecule has 1 aliphatic heterocycles. The van der Waals surface area contributed by atoms with E-state index in [9.17, 15) is 9.59 Å². The molecule has 3 rings (SSSR count). The second kappa shape index (κ2) is 5.03. The number of aromatic amines is 1. The summed E-state index contributed by atoms with van der Waals surface area (Å²) >= 11 is 0. The molecule has 1 unspecified atom stereocenters. The van der Waals surface area contributed by atoms with Crippen molar-refractivity contribution >= 4 is 11.8 Å². The molecule has 2 amide bonds. The molecule has 102 valence electrons. The van der Waals surface area contributed by atoms with E-state index in [1.54, 1.807) is 12.5 Å². The van der Waals surface area contributed by atoms with Crippen LogP contribution in [0.25, 0.3) is 0 Å². The lowest BCUT2D eigenvalue weighted by Crippen LogP contribution is -2.33. The Morgan fingerprint density at radius 2 is 2.37 bits per heavy atom. The zero-order valence-corrected chi connectivity index (χ0v) is 10.8. The molecule has 6 heteroatoms. The predicted molar refractivity (Wildman–Crippen MR) is 67.8 cm³/mol. The van der Waals surface area contributed by atoms with E-state index in [0.29, 0.717) is 25.4 Å². The van der Waals surface area contributed by atoms with Crippen LogP contribution >= 0.6 is 0 Å². The second-order valence-electron chi connectivity index (χ2n) is 5.44. The number of carbonyl (C=O) groups is 2. The van der Waals surface area contributed by atoms with E-state index in [2.05, 4.69) is 15.3 Å². The molecule has 1 aliphatic carbocycles. The minimum atomic E-state index is -0.200. The smallest absolute Gasteiger partial charge is 0.225 e. The number of hydrogen-bond acceptors (Lipinski definition) is 3. The van der Waals surface area contributed by atoms with Crippen molar-refractivity contribution in [3.8, 4) is 0 Å². The Morgan fingerprint density at radius 3 is 3.05 bits per heavy atom. The summed E-state index contributed by atoms with van der Waals surface area (Å²) in [6, 6.07) is 0. The van der Waals surface area contributed by atoms with Gasteiger partial charge in [0.25, 0.3) is 0 Å². The highest BCUT2D eigenvalue weighted by atomic mass is 16.2. The van der Waals surface area contributed by atoms with Crippen LogP contribution in [0.15, 0.2) is 12.5 Å². The summed E-state index contributed by atoms with van der Waals surface area (Å²) < 4.78 is 0. The molecule has 0 spiro atoms. The summed E-state index contributed by atoms with van der Waals surface area (Å²) in [5.74, 6) is 0.555. The zero-order valence-electron chi connectivity index (χ0n) is 10.8. The molecular weight excluding hydrogens is 244 g/mol. The van der Waals surface area contributed by atoms with Crippen molar-refractivity contribution in [2.45, 2.75) is 25.8 Å². The van der Waals surface area contributed by atoms with Gasteiger partial charge in [-0.15, -0.1) is 0 Å². The number of likely N-dealkylation sites (tertiary alicyclic amines) is 1.